The molecule has 2 aliphatic rings. The van der Waals surface area contributed by atoms with Gasteiger partial charge in [0.15, 0.2) is 0 Å². The third-order valence-corrected chi connectivity index (χ3v) is 4.99. The minimum atomic E-state index is 0.772. The standard InChI is InChI=1S/C14H26/c1-12-7-8-13(2)14(11-12)9-5-3-4-6-10-14/h12-13H,3-11H2,1-2H3. The van der Waals surface area contributed by atoms with Crippen molar-refractivity contribution in [2.45, 2.75) is 71.6 Å². The first-order chi connectivity index (χ1) is 6.73. The van der Waals surface area contributed by atoms with Crippen molar-refractivity contribution < 1.29 is 0 Å². The van der Waals surface area contributed by atoms with Crippen LogP contribution in [0.15, 0.2) is 0 Å². The van der Waals surface area contributed by atoms with E-state index in [1.165, 1.54) is 44.9 Å². The van der Waals surface area contributed by atoms with Gasteiger partial charge in [-0.15, -0.1) is 0 Å². The Hall–Kier alpha value is 0. The highest BCUT2D eigenvalue weighted by atomic mass is 14.4. The summed E-state index contributed by atoms with van der Waals surface area (Å²) >= 11 is 0. The Morgan fingerprint density at radius 1 is 0.857 bits per heavy atom. The maximum absolute atomic E-state index is 2.53. The second-order valence-corrected chi connectivity index (χ2v) is 6.06. The van der Waals surface area contributed by atoms with E-state index in [1.807, 2.05) is 0 Å². The first-order valence-electron chi connectivity index (χ1n) is 6.73. The van der Waals surface area contributed by atoms with E-state index in [0.29, 0.717) is 0 Å². The van der Waals surface area contributed by atoms with Crippen molar-refractivity contribution in [2.24, 2.45) is 17.3 Å². The van der Waals surface area contributed by atoms with Gasteiger partial charge in [-0.1, -0.05) is 46.0 Å². The molecule has 0 radical (unpaired) electrons. The lowest BCUT2D eigenvalue weighted by molar-refractivity contribution is 0.0571. The van der Waals surface area contributed by atoms with Crippen molar-refractivity contribution in [3.63, 3.8) is 0 Å². The van der Waals surface area contributed by atoms with Crippen molar-refractivity contribution in [2.75, 3.05) is 0 Å². The molecule has 0 saturated heterocycles. The van der Waals surface area contributed by atoms with E-state index in [2.05, 4.69) is 13.8 Å². The molecule has 2 fully saturated rings. The van der Waals surface area contributed by atoms with Crippen LogP contribution in [0.2, 0.25) is 0 Å². The molecule has 0 nitrogen and oxygen atoms in total. The van der Waals surface area contributed by atoms with Crippen LogP contribution in [0, 0.1) is 17.3 Å². The predicted octanol–water partition coefficient (Wildman–Crippen LogP) is 4.78. The fraction of sp³-hybridized carbons (Fsp3) is 1.00. The van der Waals surface area contributed by atoms with Crippen molar-refractivity contribution in [3.05, 3.63) is 0 Å². The Labute approximate surface area is 89.5 Å². The molecule has 14 heavy (non-hydrogen) atoms. The van der Waals surface area contributed by atoms with E-state index in [1.54, 1.807) is 12.8 Å². The zero-order chi connectivity index (χ0) is 10.0. The van der Waals surface area contributed by atoms with E-state index in [4.69, 9.17) is 0 Å². The summed E-state index contributed by atoms with van der Waals surface area (Å²) in [4.78, 5) is 0. The van der Waals surface area contributed by atoms with Gasteiger partial charge in [0.2, 0.25) is 0 Å². The zero-order valence-corrected chi connectivity index (χ0v) is 10.0. The van der Waals surface area contributed by atoms with Crippen LogP contribution in [-0.4, -0.2) is 0 Å². The normalized spacial score (nSPS) is 38.1. The number of hydrogen-bond donors (Lipinski definition) is 0. The van der Waals surface area contributed by atoms with Crippen LogP contribution in [0.1, 0.15) is 71.6 Å². The maximum atomic E-state index is 2.53. The van der Waals surface area contributed by atoms with Crippen molar-refractivity contribution >= 4 is 0 Å². The number of rotatable bonds is 0. The Morgan fingerprint density at radius 3 is 2.14 bits per heavy atom. The fourth-order valence-electron chi connectivity index (χ4n) is 3.97. The summed E-state index contributed by atoms with van der Waals surface area (Å²) in [5.74, 6) is 2.01. The molecule has 0 amide bonds. The first-order valence-corrected chi connectivity index (χ1v) is 6.73. The molecule has 2 unspecified atom stereocenters. The Morgan fingerprint density at radius 2 is 1.50 bits per heavy atom. The predicted molar refractivity (Wildman–Crippen MR) is 62.3 cm³/mol. The summed E-state index contributed by atoms with van der Waals surface area (Å²) in [6.45, 7) is 5.00. The van der Waals surface area contributed by atoms with Crippen LogP contribution in [0.5, 0.6) is 0 Å². The summed E-state index contributed by atoms with van der Waals surface area (Å²) in [6.07, 6.45) is 13.6. The molecule has 0 aromatic carbocycles. The van der Waals surface area contributed by atoms with Crippen LogP contribution >= 0.6 is 0 Å². The lowest BCUT2D eigenvalue weighted by atomic mass is 9.60. The van der Waals surface area contributed by atoms with E-state index in [9.17, 15) is 0 Å². The van der Waals surface area contributed by atoms with Gasteiger partial charge in [0.25, 0.3) is 0 Å². The lowest BCUT2D eigenvalue weighted by Crippen LogP contribution is -2.34. The zero-order valence-electron chi connectivity index (χ0n) is 10.0. The molecule has 1 spiro atoms. The summed E-state index contributed by atoms with van der Waals surface area (Å²) in [5, 5.41) is 0. The third-order valence-electron chi connectivity index (χ3n) is 4.99. The van der Waals surface area contributed by atoms with Gasteiger partial charge in [0, 0.05) is 0 Å². The van der Waals surface area contributed by atoms with Crippen LogP contribution in [-0.2, 0) is 0 Å². The highest BCUT2D eigenvalue weighted by molar-refractivity contribution is 4.90. The molecule has 0 heteroatoms. The van der Waals surface area contributed by atoms with Crippen molar-refractivity contribution in [1.82, 2.24) is 0 Å². The van der Waals surface area contributed by atoms with Crippen LogP contribution in [0.4, 0.5) is 0 Å². The van der Waals surface area contributed by atoms with Gasteiger partial charge in [-0.05, 0) is 42.9 Å². The highest BCUT2D eigenvalue weighted by Crippen LogP contribution is 2.51. The average Bonchev–Trinajstić information content (AvgIpc) is 2.39. The summed E-state index contributed by atoms with van der Waals surface area (Å²) in [5.41, 5.74) is 0.772. The van der Waals surface area contributed by atoms with E-state index in [-0.39, 0.29) is 0 Å². The lowest BCUT2D eigenvalue weighted by Gasteiger charge is -2.45. The third kappa shape index (κ3) is 1.99. The van der Waals surface area contributed by atoms with Crippen molar-refractivity contribution in [1.29, 1.82) is 0 Å². The monoisotopic (exact) mass is 194 g/mol. The number of hydrogen-bond acceptors (Lipinski definition) is 0. The Bertz CT molecular complexity index is 174. The van der Waals surface area contributed by atoms with Crippen molar-refractivity contribution in [3.8, 4) is 0 Å². The van der Waals surface area contributed by atoms with Crippen LogP contribution < -0.4 is 0 Å². The highest BCUT2D eigenvalue weighted by Gasteiger charge is 2.39. The molecule has 82 valence electrons. The van der Waals surface area contributed by atoms with Gasteiger partial charge in [-0.25, -0.2) is 0 Å². The van der Waals surface area contributed by atoms with Crippen LogP contribution in [0.3, 0.4) is 0 Å². The van der Waals surface area contributed by atoms with E-state index < -0.39 is 0 Å². The molecule has 2 aliphatic carbocycles. The molecule has 0 aromatic heterocycles. The van der Waals surface area contributed by atoms with Gasteiger partial charge in [-0.2, -0.15) is 0 Å². The smallest absolute Gasteiger partial charge is 0.0269 e. The second-order valence-electron chi connectivity index (χ2n) is 6.06. The summed E-state index contributed by atoms with van der Waals surface area (Å²) in [6, 6.07) is 0. The quantitative estimate of drug-likeness (QED) is 0.520. The molecule has 0 aliphatic heterocycles. The minimum Gasteiger partial charge on any atom is -0.0625 e. The summed E-state index contributed by atoms with van der Waals surface area (Å²) in [7, 11) is 0. The van der Waals surface area contributed by atoms with Gasteiger partial charge in [-0.3, -0.25) is 0 Å². The topological polar surface area (TPSA) is 0 Å². The molecule has 0 aromatic rings. The molecular weight excluding hydrogens is 168 g/mol. The van der Waals surface area contributed by atoms with E-state index >= 15 is 0 Å². The van der Waals surface area contributed by atoms with Gasteiger partial charge >= 0.3 is 0 Å². The van der Waals surface area contributed by atoms with Gasteiger partial charge in [0.1, 0.15) is 0 Å². The molecule has 2 rings (SSSR count). The second kappa shape index (κ2) is 4.24. The van der Waals surface area contributed by atoms with E-state index in [0.717, 1.165) is 17.3 Å². The SMILES string of the molecule is CC1CCC(C)C2(CCCCCC2)C1. The molecule has 0 heterocycles. The molecule has 2 saturated carbocycles. The molecule has 0 N–H and O–H groups in total. The Balaban J connectivity index is 2.08. The van der Waals surface area contributed by atoms with Crippen LogP contribution in [0.25, 0.3) is 0 Å². The summed E-state index contributed by atoms with van der Waals surface area (Å²) < 4.78 is 0. The first kappa shape index (κ1) is 10.5. The van der Waals surface area contributed by atoms with Gasteiger partial charge < -0.3 is 0 Å². The molecule has 0 bridgehead atoms. The average molecular weight is 194 g/mol. The largest absolute Gasteiger partial charge is 0.0625 e. The molecular formula is C14H26. The van der Waals surface area contributed by atoms with Gasteiger partial charge in [0.05, 0.1) is 0 Å². The maximum Gasteiger partial charge on any atom is -0.0269 e. The minimum absolute atomic E-state index is 0.772. The molecule has 2 atom stereocenters. The Kier molecular flexibility index (Phi) is 3.19. The fourth-order valence-corrected chi connectivity index (χ4v) is 3.97.